The number of hydrogen-bond acceptors (Lipinski definition) is 2. The summed E-state index contributed by atoms with van der Waals surface area (Å²) in [7, 11) is 0. The van der Waals surface area contributed by atoms with Crippen LogP contribution in [0.5, 0.6) is 0 Å². The van der Waals surface area contributed by atoms with Gasteiger partial charge in [0, 0.05) is 17.7 Å². The van der Waals surface area contributed by atoms with Crippen LogP contribution in [-0.2, 0) is 0 Å². The van der Waals surface area contributed by atoms with Gasteiger partial charge in [-0.25, -0.2) is 0 Å². The van der Waals surface area contributed by atoms with E-state index in [1.54, 1.807) is 6.92 Å². The molecular formula is C13H14F3NOS. The molecule has 0 spiro atoms. The van der Waals surface area contributed by atoms with E-state index in [2.05, 4.69) is 0 Å². The van der Waals surface area contributed by atoms with Crippen LogP contribution in [0.4, 0.5) is 18.0 Å². The van der Waals surface area contributed by atoms with E-state index in [-0.39, 0.29) is 5.92 Å². The Labute approximate surface area is 114 Å². The first-order valence-electron chi connectivity index (χ1n) is 5.93. The quantitative estimate of drug-likeness (QED) is 0.823. The van der Waals surface area contributed by atoms with Crippen molar-refractivity contribution in [3.8, 4) is 0 Å². The Kier molecular flexibility index (Phi) is 4.08. The van der Waals surface area contributed by atoms with Gasteiger partial charge in [0.15, 0.2) is 0 Å². The molecule has 2 rings (SSSR count). The van der Waals surface area contributed by atoms with E-state index >= 15 is 0 Å². The van der Waals surface area contributed by atoms with Crippen molar-refractivity contribution in [3.63, 3.8) is 0 Å². The van der Waals surface area contributed by atoms with Gasteiger partial charge in [-0.2, -0.15) is 13.2 Å². The van der Waals surface area contributed by atoms with E-state index in [4.69, 9.17) is 0 Å². The van der Waals surface area contributed by atoms with Crippen LogP contribution in [-0.4, -0.2) is 34.7 Å². The number of carbonyl (C=O) groups excluding carboxylic acids is 1. The van der Waals surface area contributed by atoms with E-state index in [1.165, 1.54) is 0 Å². The lowest BCUT2D eigenvalue weighted by Gasteiger charge is -2.39. The molecule has 6 heteroatoms. The smallest absolute Gasteiger partial charge is 0.321 e. The van der Waals surface area contributed by atoms with Crippen molar-refractivity contribution in [2.45, 2.75) is 25.1 Å². The molecule has 0 unspecified atom stereocenters. The van der Waals surface area contributed by atoms with Gasteiger partial charge in [-0.15, -0.1) is 0 Å². The molecule has 1 saturated heterocycles. The number of rotatable bonds is 2. The zero-order chi connectivity index (χ0) is 14.0. The minimum absolute atomic E-state index is 0.0637. The van der Waals surface area contributed by atoms with Gasteiger partial charge in [-0.05, 0) is 12.5 Å². The lowest BCUT2D eigenvalue weighted by Crippen LogP contribution is -2.48. The maximum atomic E-state index is 12.5. The number of benzene rings is 1. The fraction of sp³-hybridized carbons (Fsp3) is 0.462. The molecule has 19 heavy (non-hydrogen) atoms. The minimum Gasteiger partial charge on any atom is -0.321 e. The summed E-state index contributed by atoms with van der Waals surface area (Å²) in [4.78, 5) is 12.6. The molecule has 0 N–H and O–H groups in total. The van der Waals surface area contributed by atoms with Crippen LogP contribution in [0.2, 0.25) is 0 Å². The molecule has 0 aliphatic carbocycles. The van der Waals surface area contributed by atoms with Crippen molar-refractivity contribution in [1.82, 2.24) is 4.90 Å². The molecule has 2 atom stereocenters. The summed E-state index contributed by atoms with van der Waals surface area (Å²) in [5.74, 6) is 0.463. The number of amides is 1. The largest absolute Gasteiger partial charge is 0.406 e. The molecule has 2 nitrogen and oxygen atoms in total. The predicted molar refractivity (Wildman–Crippen MR) is 69.3 cm³/mol. The maximum Gasteiger partial charge on any atom is 0.406 e. The molecule has 1 heterocycles. The second-order valence-corrected chi connectivity index (χ2v) is 5.55. The average molecular weight is 289 g/mol. The summed E-state index contributed by atoms with van der Waals surface area (Å²) < 4.78 is 37.5. The number of nitrogens with zero attached hydrogens (tertiary/aromatic N) is 1. The second-order valence-electron chi connectivity index (χ2n) is 4.58. The molecule has 1 aliphatic rings. The Morgan fingerprint density at radius 1 is 1.32 bits per heavy atom. The summed E-state index contributed by atoms with van der Waals surface area (Å²) in [6.07, 6.45) is -4.36. The molecule has 1 aliphatic heterocycles. The summed E-state index contributed by atoms with van der Waals surface area (Å²) >= 11 is 0.961. The van der Waals surface area contributed by atoms with Gasteiger partial charge >= 0.3 is 6.18 Å². The van der Waals surface area contributed by atoms with Crippen molar-refractivity contribution in [3.05, 3.63) is 35.9 Å². The zero-order valence-electron chi connectivity index (χ0n) is 10.4. The first-order valence-corrected chi connectivity index (χ1v) is 6.92. The van der Waals surface area contributed by atoms with Gasteiger partial charge in [0.05, 0.1) is 0 Å². The van der Waals surface area contributed by atoms with Crippen molar-refractivity contribution in [2.75, 3.05) is 12.3 Å². The van der Waals surface area contributed by atoms with E-state index in [0.717, 1.165) is 22.2 Å². The van der Waals surface area contributed by atoms with Crippen molar-refractivity contribution in [2.24, 2.45) is 0 Å². The number of hydrogen-bond donors (Lipinski definition) is 0. The molecule has 0 saturated carbocycles. The lowest BCUT2D eigenvalue weighted by atomic mass is 9.93. The zero-order valence-corrected chi connectivity index (χ0v) is 11.2. The Morgan fingerprint density at radius 3 is 2.53 bits per heavy atom. The maximum absolute atomic E-state index is 12.5. The Morgan fingerprint density at radius 2 is 1.95 bits per heavy atom. The Hall–Kier alpha value is -1.17. The van der Waals surface area contributed by atoms with Crippen LogP contribution >= 0.6 is 11.8 Å². The number of thioether (sulfide) groups is 1. The minimum atomic E-state index is -4.36. The van der Waals surface area contributed by atoms with Crippen molar-refractivity contribution < 1.29 is 18.0 Å². The topological polar surface area (TPSA) is 20.3 Å². The summed E-state index contributed by atoms with van der Waals surface area (Å²) in [5.41, 5.74) is 0.974. The third-order valence-corrected chi connectivity index (χ3v) is 4.28. The van der Waals surface area contributed by atoms with Gasteiger partial charge in [0.1, 0.15) is 6.54 Å². The van der Waals surface area contributed by atoms with Crippen LogP contribution in [0, 0.1) is 0 Å². The highest BCUT2D eigenvalue weighted by molar-refractivity contribution is 8.13. The van der Waals surface area contributed by atoms with Crippen molar-refractivity contribution >= 4 is 17.0 Å². The van der Waals surface area contributed by atoms with Gasteiger partial charge in [0.25, 0.3) is 5.24 Å². The molecule has 1 amide bonds. The molecule has 1 fully saturated rings. The fourth-order valence-electron chi connectivity index (χ4n) is 2.24. The molecule has 0 aromatic heterocycles. The van der Waals surface area contributed by atoms with E-state index in [0.29, 0.717) is 5.75 Å². The summed E-state index contributed by atoms with van der Waals surface area (Å²) in [5, 5.41) is -0.489. The van der Waals surface area contributed by atoms with Gasteiger partial charge in [0.2, 0.25) is 0 Å². The number of halogens is 3. The predicted octanol–water partition coefficient (Wildman–Crippen LogP) is 3.89. The van der Waals surface area contributed by atoms with E-state index < -0.39 is 24.0 Å². The highest BCUT2D eigenvalue weighted by Crippen LogP contribution is 2.36. The first kappa shape index (κ1) is 14.2. The average Bonchev–Trinajstić information content (AvgIpc) is 2.34. The van der Waals surface area contributed by atoms with Crippen LogP contribution in [0.25, 0.3) is 0 Å². The third kappa shape index (κ3) is 3.43. The highest BCUT2D eigenvalue weighted by atomic mass is 32.2. The Bertz CT molecular complexity index is 449. The van der Waals surface area contributed by atoms with Gasteiger partial charge in [-0.1, -0.05) is 42.1 Å². The van der Waals surface area contributed by atoms with Crippen LogP contribution in [0.1, 0.15) is 18.4 Å². The SMILES string of the molecule is C[C@@H]1[C@H](c2ccccc2)CSC(=O)N1CC(F)(F)F. The second kappa shape index (κ2) is 5.45. The number of alkyl halides is 3. The highest BCUT2D eigenvalue weighted by Gasteiger charge is 2.40. The summed E-state index contributed by atoms with van der Waals surface area (Å²) in [6.45, 7) is 0.504. The van der Waals surface area contributed by atoms with Gasteiger partial charge in [-0.3, -0.25) is 4.79 Å². The van der Waals surface area contributed by atoms with Crippen molar-refractivity contribution in [1.29, 1.82) is 0 Å². The molecule has 1 aromatic carbocycles. The summed E-state index contributed by atoms with van der Waals surface area (Å²) in [6, 6.07) is 8.92. The fourth-order valence-corrected chi connectivity index (χ4v) is 3.43. The molecule has 1 aromatic rings. The molecule has 0 radical (unpaired) electrons. The van der Waals surface area contributed by atoms with Crippen LogP contribution < -0.4 is 0 Å². The van der Waals surface area contributed by atoms with E-state index in [9.17, 15) is 18.0 Å². The van der Waals surface area contributed by atoms with Crippen LogP contribution in [0.15, 0.2) is 30.3 Å². The van der Waals surface area contributed by atoms with Gasteiger partial charge < -0.3 is 4.90 Å². The van der Waals surface area contributed by atoms with Crippen LogP contribution in [0.3, 0.4) is 0 Å². The molecular weight excluding hydrogens is 275 g/mol. The molecule has 104 valence electrons. The third-order valence-electron chi connectivity index (χ3n) is 3.27. The molecule has 0 bridgehead atoms. The normalized spacial score (nSPS) is 24.6. The van der Waals surface area contributed by atoms with E-state index in [1.807, 2.05) is 30.3 Å². The number of carbonyl (C=O) groups is 1. The lowest BCUT2D eigenvalue weighted by molar-refractivity contribution is -0.142. The standard InChI is InChI=1S/C13H14F3NOS/c1-9-11(10-5-3-2-4-6-10)7-19-12(18)17(9)8-13(14,15)16/h2-6,9,11H,7-8H2,1H3/t9-,11-/m1/s1. The first-order chi connectivity index (χ1) is 8.88. The monoisotopic (exact) mass is 289 g/mol. The Balaban J connectivity index is 2.19.